The molecule has 1 amide bonds. The second kappa shape index (κ2) is 4.23. The Kier molecular flexibility index (Phi) is 3.25. The summed E-state index contributed by atoms with van der Waals surface area (Å²) in [4.78, 5) is 18.7. The molecule has 0 spiro atoms. The van der Waals surface area contributed by atoms with Gasteiger partial charge in [-0.1, -0.05) is 11.6 Å². The smallest absolute Gasteiger partial charge is 0.215 e. The van der Waals surface area contributed by atoms with Crippen molar-refractivity contribution in [1.82, 2.24) is 15.3 Å². The van der Waals surface area contributed by atoms with Crippen LogP contribution in [0.4, 0.5) is 4.79 Å². The third kappa shape index (κ3) is 3.03. The van der Waals surface area contributed by atoms with Crippen LogP contribution in [0, 0.1) is 6.92 Å². The monoisotopic (exact) mass is 197 g/mol. The maximum Gasteiger partial charge on any atom is 0.215 e. The lowest BCUT2D eigenvalue weighted by Crippen LogP contribution is -2.21. The molecule has 0 aliphatic rings. The summed E-state index contributed by atoms with van der Waals surface area (Å²) >= 11 is 5.75. The van der Waals surface area contributed by atoms with Crippen LogP contribution in [0.2, 0.25) is 5.15 Å². The molecule has 0 fully saturated rings. The fraction of sp³-hybridized carbons (Fsp3) is 0.286. The van der Waals surface area contributed by atoms with Gasteiger partial charge in [0, 0.05) is 6.20 Å². The van der Waals surface area contributed by atoms with E-state index in [4.69, 9.17) is 11.6 Å². The molecule has 1 aromatic rings. The molecular weight excluding hydrogens is 188 g/mol. The summed E-state index contributed by atoms with van der Waals surface area (Å²) in [6.07, 6.45) is 1.58. The van der Waals surface area contributed by atoms with Crippen LogP contribution in [-0.4, -0.2) is 23.6 Å². The van der Waals surface area contributed by atoms with Crippen LogP contribution in [0.5, 0.6) is 0 Å². The van der Waals surface area contributed by atoms with Crippen molar-refractivity contribution in [1.29, 1.82) is 0 Å². The summed E-state index contributed by atoms with van der Waals surface area (Å²) in [6.45, 7) is 2.14. The van der Waals surface area contributed by atoms with Gasteiger partial charge in [0.1, 0.15) is 0 Å². The number of nitrogens with one attached hydrogen (secondary N) is 1. The van der Waals surface area contributed by atoms with Crippen LogP contribution in [0.15, 0.2) is 6.20 Å². The van der Waals surface area contributed by atoms with E-state index in [0.717, 1.165) is 5.69 Å². The van der Waals surface area contributed by atoms with Crippen molar-refractivity contribution in [2.45, 2.75) is 13.5 Å². The Hall–Kier alpha value is -1.10. The van der Waals surface area contributed by atoms with E-state index in [1.807, 2.05) is 6.92 Å². The minimum absolute atomic E-state index is 0.112. The average molecular weight is 197 g/mol. The van der Waals surface area contributed by atoms with Crippen molar-refractivity contribution in [2.75, 3.05) is 0 Å². The van der Waals surface area contributed by atoms with Gasteiger partial charge >= 0.3 is 0 Å². The van der Waals surface area contributed by atoms with Crippen LogP contribution in [0.3, 0.4) is 0 Å². The first-order valence-electron chi connectivity index (χ1n) is 3.82. The molecule has 0 bridgehead atoms. The summed E-state index contributed by atoms with van der Waals surface area (Å²) in [5, 5.41) is 2.94. The molecule has 1 heterocycles. The normalized spacial score (nSPS) is 9.69. The van der Waals surface area contributed by atoms with Crippen LogP contribution < -0.4 is 5.32 Å². The summed E-state index contributed by atoms with van der Waals surface area (Å²) in [7, 11) is 1.44. The van der Waals surface area contributed by atoms with Crippen molar-refractivity contribution < 1.29 is 4.79 Å². The molecule has 0 aliphatic heterocycles. The fourth-order valence-corrected chi connectivity index (χ4v) is 0.991. The van der Waals surface area contributed by atoms with E-state index in [9.17, 15) is 4.79 Å². The van der Waals surface area contributed by atoms with E-state index < -0.39 is 0 Å². The molecule has 13 heavy (non-hydrogen) atoms. The molecule has 1 N–H and O–H groups in total. The van der Waals surface area contributed by atoms with Crippen LogP contribution in [0.1, 0.15) is 11.4 Å². The zero-order valence-corrected chi connectivity index (χ0v) is 8.22. The van der Waals surface area contributed by atoms with Crippen molar-refractivity contribution in [3.05, 3.63) is 22.7 Å². The van der Waals surface area contributed by atoms with E-state index >= 15 is 0 Å². The van der Waals surface area contributed by atoms with Gasteiger partial charge in [-0.3, -0.25) is 9.78 Å². The number of amides is 1. The van der Waals surface area contributed by atoms with E-state index in [2.05, 4.69) is 15.3 Å². The van der Waals surface area contributed by atoms with E-state index in [1.54, 1.807) is 6.20 Å². The third-order valence-electron chi connectivity index (χ3n) is 1.42. The highest BCUT2D eigenvalue weighted by molar-refractivity contribution is 6.57. The predicted molar refractivity (Wildman–Crippen MR) is 52.6 cm³/mol. The van der Waals surface area contributed by atoms with Crippen molar-refractivity contribution in [2.24, 2.45) is 0 Å². The highest BCUT2D eigenvalue weighted by atomic mass is 35.5. The zero-order chi connectivity index (χ0) is 9.84. The quantitative estimate of drug-likeness (QED) is 0.693. The van der Waals surface area contributed by atoms with E-state index in [1.165, 1.54) is 7.85 Å². The van der Waals surface area contributed by atoms with E-state index in [-0.39, 0.29) is 5.81 Å². The zero-order valence-electron chi connectivity index (χ0n) is 7.47. The Labute approximate surface area is 82.1 Å². The van der Waals surface area contributed by atoms with Gasteiger partial charge in [0.15, 0.2) is 11.0 Å². The van der Waals surface area contributed by atoms with Crippen molar-refractivity contribution in [3.63, 3.8) is 0 Å². The van der Waals surface area contributed by atoms with Crippen LogP contribution in [0.25, 0.3) is 0 Å². The summed E-state index contributed by atoms with van der Waals surface area (Å²) in [5.74, 6) is -0.112. The van der Waals surface area contributed by atoms with Gasteiger partial charge in [-0.15, -0.1) is 0 Å². The molecule has 0 atom stereocenters. The first kappa shape index (κ1) is 9.99. The Morgan fingerprint density at radius 3 is 3.08 bits per heavy atom. The lowest BCUT2D eigenvalue weighted by molar-refractivity contribution is 0.259. The molecule has 6 heteroatoms. The second-order valence-corrected chi connectivity index (χ2v) is 3.02. The molecule has 0 aromatic carbocycles. The molecule has 0 saturated heterocycles. The number of aromatic nitrogens is 2. The average Bonchev–Trinajstić information content (AvgIpc) is 2.06. The Morgan fingerprint density at radius 2 is 2.46 bits per heavy atom. The number of nitrogens with zero attached hydrogens (tertiary/aromatic N) is 2. The van der Waals surface area contributed by atoms with Crippen molar-refractivity contribution >= 4 is 25.3 Å². The van der Waals surface area contributed by atoms with Gasteiger partial charge in [0.2, 0.25) is 7.85 Å². The maximum absolute atomic E-state index is 10.6. The standard InChI is InChI=1S/C7H9BClN3O/c1-4-2-10-6(9)5(12-4)3-11-7(8)13/h2H,3,8H2,1H3,(H,11,13). The minimum Gasteiger partial charge on any atom is -0.360 e. The molecule has 1 aromatic heterocycles. The summed E-state index contributed by atoms with van der Waals surface area (Å²) < 4.78 is 0. The molecule has 68 valence electrons. The number of hydrogen-bond donors (Lipinski definition) is 1. The Balaban J connectivity index is 2.75. The van der Waals surface area contributed by atoms with E-state index in [0.29, 0.717) is 17.4 Å². The van der Waals surface area contributed by atoms with Crippen LogP contribution in [-0.2, 0) is 6.54 Å². The molecule has 0 radical (unpaired) electrons. The van der Waals surface area contributed by atoms with Crippen molar-refractivity contribution in [3.8, 4) is 0 Å². The van der Waals surface area contributed by atoms with Gasteiger partial charge in [0.25, 0.3) is 0 Å². The molecule has 0 aliphatic carbocycles. The molecule has 0 unspecified atom stereocenters. The highest BCUT2D eigenvalue weighted by Gasteiger charge is 2.03. The fourth-order valence-electron chi connectivity index (χ4n) is 0.833. The molecule has 1 rings (SSSR count). The second-order valence-electron chi connectivity index (χ2n) is 2.66. The molecule has 0 saturated carbocycles. The minimum atomic E-state index is -0.112. The maximum atomic E-state index is 10.6. The van der Waals surface area contributed by atoms with Gasteiger partial charge in [0.05, 0.1) is 17.9 Å². The number of carbonyl (C=O) groups excluding carboxylic acids is 1. The topological polar surface area (TPSA) is 54.9 Å². The number of aryl methyl sites for hydroxylation is 1. The summed E-state index contributed by atoms with van der Waals surface area (Å²) in [6, 6.07) is 0. The predicted octanol–water partition coefficient (Wildman–Crippen LogP) is 0.281. The van der Waals surface area contributed by atoms with Gasteiger partial charge in [-0.05, 0) is 6.92 Å². The number of carbonyl (C=O) groups is 1. The lowest BCUT2D eigenvalue weighted by atomic mass is 10.1. The molecule has 4 nitrogen and oxygen atoms in total. The highest BCUT2D eigenvalue weighted by Crippen LogP contribution is 2.09. The summed E-state index contributed by atoms with van der Waals surface area (Å²) in [5.41, 5.74) is 1.38. The number of hydrogen-bond acceptors (Lipinski definition) is 3. The largest absolute Gasteiger partial charge is 0.360 e. The molecular formula is C7H9BClN3O. The Bertz CT molecular complexity index is 332. The van der Waals surface area contributed by atoms with Crippen LogP contribution >= 0.6 is 11.6 Å². The Morgan fingerprint density at radius 1 is 1.77 bits per heavy atom. The number of halogens is 1. The number of rotatable bonds is 2. The first-order chi connectivity index (χ1) is 6.09. The first-order valence-corrected chi connectivity index (χ1v) is 4.20. The third-order valence-corrected chi connectivity index (χ3v) is 1.73. The van der Waals surface area contributed by atoms with Gasteiger partial charge in [-0.2, -0.15) is 0 Å². The van der Waals surface area contributed by atoms with Gasteiger partial charge in [-0.25, -0.2) is 4.98 Å². The SMILES string of the molecule is BC(=O)NCc1nc(C)cnc1Cl. The van der Waals surface area contributed by atoms with Gasteiger partial charge < -0.3 is 5.32 Å². The lowest BCUT2D eigenvalue weighted by Gasteiger charge is -2.03.